The fraction of sp³-hybridized carbons (Fsp3) is 0.292. The van der Waals surface area contributed by atoms with Gasteiger partial charge in [0.25, 0.3) is 5.56 Å². The Morgan fingerprint density at radius 3 is 2.22 bits per heavy atom. The number of carbonyl (C=O) groups excluding carboxylic acids is 1. The average Bonchev–Trinajstić information content (AvgIpc) is 2.77. The first kappa shape index (κ1) is 23.0. The van der Waals surface area contributed by atoms with E-state index >= 15 is 0 Å². The first-order valence-corrected chi connectivity index (χ1v) is 10.5. The van der Waals surface area contributed by atoms with E-state index in [-0.39, 0.29) is 30.5 Å². The van der Waals surface area contributed by atoms with E-state index in [0.717, 1.165) is 17.5 Å². The molecule has 2 aromatic carbocycles. The van der Waals surface area contributed by atoms with Gasteiger partial charge in [-0.05, 0) is 30.2 Å². The molecule has 8 heteroatoms. The lowest BCUT2D eigenvalue weighted by atomic mass is 10.1. The number of aromatic amines is 1. The van der Waals surface area contributed by atoms with E-state index in [4.69, 9.17) is 5.73 Å². The molecule has 3 rings (SSSR count). The number of hydrogen-bond donors (Lipinski definition) is 2. The van der Waals surface area contributed by atoms with Crippen LogP contribution in [-0.2, 0) is 24.3 Å². The number of aryl methyl sites for hydroxylation is 1. The Kier molecular flexibility index (Phi) is 7.27. The highest BCUT2D eigenvalue weighted by atomic mass is 16.2. The molecule has 3 N–H and O–H groups in total. The molecule has 1 amide bonds. The molecule has 0 spiro atoms. The molecule has 0 unspecified atom stereocenters. The number of benzene rings is 2. The Morgan fingerprint density at radius 1 is 0.969 bits per heavy atom. The lowest BCUT2D eigenvalue weighted by Gasteiger charge is -2.23. The van der Waals surface area contributed by atoms with Crippen molar-refractivity contribution in [1.82, 2.24) is 14.5 Å². The van der Waals surface area contributed by atoms with Crippen LogP contribution in [0, 0.1) is 0 Å². The van der Waals surface area contributed by atoms with E-state index in [1.165, 1.54) is 22.1 Å². The van der Waals surface area contributed by atoms with Gasteiger partial charge in [-0.3, -0.25) is 24.0 Å². The molecule has 168 valence electrons. The number of likely N-dealkylation sites (N-methyl/N-ethyl adjacent to an activating group) is 2. The SMILES string of the molecule is CCc1ccc(CN(C)CC(=O)N(C)c2c(N)n(Cc3ccccc3)c(=O)[nH]c2=O)cc1. The summed E-state index contributed by atoms with van der Waals surface area (Å²) in [6, 6.07) is 17.5. The number of nitrogens with zero attached hydrogens (tertiary/aromatic N) is 3. The molecule has 32 heavy (non-hydrogen) atoms. The monoisotopic (exact) mass is 435 g/mol. The van der Waals surface area contributed by atoms with Crippen LogP contribution in [-0.4, -0.2) is 41.0 Å². The van der Waals surface area contributed by atoms with E-state index in [2.05, 4.69) is 24.0 Å². The van der Waals surface area contributed by atoms with Crippen molar-refractivity contribution >= 4 is 17.4 Å². The number of rotatable bonds is 8. The zero-order valence-electron chi connectivity index (χ0n) is 18.7. The summed E-state index contributed by atoms with van der Waals surface area (Å²) in [6.45, 7) is 2.96. The van der Waals surface area contributed by atoms with Crippen LogP contribution >= 0.6 is 0 Å². The number of amides is 1. The van der Waals surface area contributed by atoms with Gasteiger partial charge in [-0.25, -0.2) is 4.79 Å². The number of nitrogens with two attached hydrogens (primary N) is 1. The quantitative estimate of drug-likeness (QED) is 0.562. The van der Waals surface area contributed by atoms with E-state index in [1.807, 2.05) is 54.4 Å². The van der Waals surface area contributed by atoms with Gasteiger partial charge in [0.1, 0.15) is 5.82 Å². The van der Waals surface area contributed by atoms with Crippen LogP contribution in [0.2, 0.25) is 0 Å². The summed E-state index contributed by atoms with van der Waals surface area (Å²) >= 11 is 0. The molecular weight excluding hydrogens is 406 g/mol. The number of H-pyrrole nitrogens is 1. The molecule has 0 radical (unpaired) electrons. The van der Waals surface area contributed by atoms with Crippen LogP contribution in [0.25, 0.3) is 0 Å². The van der Waals surface area contributed by atoms with Crippen LogP contribution < -0.4 is 21.9 Å². The zero-order valence-corrected chi connectivity index (χ0v) is 18.7. The van der Waals surface area contributed by atoms with Crippen molar-refractivity contribution < 1.29 is 4.79 Å². The van der Waals surface area contributed by atoms with E-state index < -0.39 is 11.2 Å². The van der Waals surface area contributed by atoms with Crippen LogP contribution in [0.3, 0.4) is 0 Å². The van der Waals surface area contributed by atoms with Crippen LogP contribution in [0.5, 0.6) is 0 Å². The number of anilines is 2. The third-order valence-corrected chi connectivity index (χ3v) is 5.40. The van der Waals surface area contributed by atoms with Crippen molar-refractivity contribution in [1.29, 1.82) is 0 Å². The van der Waals surface area contributed by atoms with Gasteiger partial charge in [0, 0.05) is 13.6 Å². The summed E-state index contributed by atoms with van der Waals surface area (Å²) in [5.74, 6) is -0.351. The van der Waals surface area contributed by atoms with Crippen molar-refractivity contribution in [3.8, 4) is 0 Å². The van der Waals surface area contributed by atoms with Gasteiger partial charge < -0.3 is 10.6 Å². The fourth-order valence-corrected chi connectivity index (χ4v) is 3.53. The van der Waals surface area contributed by atoms with Gasteiger partial charge in [0.15, 0.2) is 5.69 Å². The van der Waals surface area contributed by atoms with Gasteiger partial charge in [0.05, 0.1) is 13.1 Å². The molecule has 0 atom stereocenters. The maximum atomic E-state index is 12.9. The molecule has 0 aliphatic rings. The first-order chi connectivity index (χ1) is 15.3. The number of carbonyl (C=O) groups is 1. The van der Waals surface area contributed by atoms with Crippen LogP contribution in [0.15, 0.2) is 64.2 Å². The van der Waals surface area contributed by atoms with Gasteiger partial charge >= 0.3 is 5.69 Å². The van der Waals surface area contributed by atoms with Gasteiger partial charge in [-0.1, -0.05) is 61.5 Å². The lowest BCUT2D eigenvalue weighted by molar-refractivity contribution is -0.119. The van der Waals surface area contributed by atoms with Crippen molar-refractivity contribution in [2.75, 3.05) is 31.3 Å². The molecule has 0 saturated carbocycles. The summed E-state index contributed by atoms with van der Waals surface area (Å²) in [5.41, 5.74) is 8.04. The maximum absolute atomic E-state index is 12.9. The van der Waals surface area contributed by atoms with E-state index in [0.29, 0.717) is 6.54 Å². The summed E-state index contributed by atoms with van der Waals surface area (Å²) in [7, 11) is 3.33. The Balaban J connectivity index is 1.77. The van der Waals surface area contributed by atoms with Gasteiger partial charge in [0.2, 0.25) is 5.91 Å². The highest BCUT2D eigenvalue weighted by Gasteiger charge is 2.22. The molecule has 0 aliphatic carbocycles. The minimum atomic E-state index is -0.689. The molecule has 1 heterocycles. The van der Waals surface area contributed by atoms with Crippen molar-refractivity contribution in [3.63, 3.8) is 0 Å². The number of nitrogen functional groups attached to an aromatic ring is 1. The molecule has 8 nitrogen and oxygen atoms in total. The van der Waals surface area contributed by atoms with E-state index in [1.54, 1.807) is 0 Å². The smallest absolute Gasteiger partial charge is 0.330 e. The Bertz CT molecular complexity index is 1180. The predicted molar refractivity (Wildman–Crippen MR) is 127 cm³/mol. The van der Waals surface area contributed by atoms with Crippen molar-refractivity contribution in [2.45, 2.75) is 26.4 Å². The second kappa shape index (κ2) is 10.1. The lowest BCUT2D eigenvalue weighted by Crippen LogP contribution is -2.42. The predicted octanol–water partition coefficient (Wildman–Crippen LogP) is 1.82. The molecule has 0 bridgehead atoms. The van der Waals surface area contributed by atoms with E-state index in [9.17, 15) is 14.4 Å². The standard InChI is InChI=1S/C24H29N5O3/c1-4-17-10-12-19(13-11-17)14-27(2)16-20(30)28(3)21-22(25)29(24(32)26-23(21)31)15-18-8-6-5-7-9-18/h5-13H,4,14-16,25H2,1-3H3,(H,26,31,32). The second-order valence-electron chi connectivity index (χ2n) is 7.86. The Hall–Kier alpha value is -3.65. The van der Waals surface area contributed by atoms with Crippen molar-refractivity contribution in [3.05, 3.63) is 92.1 Å². The first-order valence-electron chi connectivity index (χ1n) is 10.5. The normalized spacial score (nSPS) is 11.0. The minimum absolute atomic E-state index is 0.0359. The number of hydrogen-bond acceptors (Lipinski definition) is 5. The van der Waals surface area contributed by atoms with Gasteiger partial charge in [-0.15, -0.1) is 0 Å². The average molecular weight is 436 g/mol. The summed E-state index contributed by atoms with van der Waals surface area (Å²) < 4.78 is 1.26. The molecule has 1 aromatic heterocycles. The second-order valence-corrected chi connectivity index (χ2v) is 7.86. The van der Waals surface area contributed by atoms with Gasteiger partial charge in [-0.2, -0.15) is 0 Å². The fourth-order valence-electron chi connectivity index (χ4n) is 3.53. The highest BCUT2D eigenvalue weighted by molar-refractivity contribution is 5.96. The van der Waals surface area contributed by atoms with Crippen LogP contribution in [0.1, 0.15) is 23.6 Å². The molecule has 0 saturated heterocycles. The topological polar surface area (TPSA) is 104 Å². The number of aromatic nitrogens is 2. The molecule has 3 aromatic rings. The highest BCUT2D eigenvalue weighted by Crippen LogP contribution is 2.17. The maximum Gasteiger partial charge on any atom is 0.330 e. The van der Waals surface area contributed by atoms with Crippen molar-refractivity contribution in [2.24, 2.45) is 0 Å². The molecular formula is C24H29N5O3. The Morgan fingerprint density at radius 2 is 1.59 bits per heavy atom. The molecule has 0 aliphatic heterocycles. The third-order valence-electron chi connectivity index (χ3n) is 5.40. The summed E-state index contributed by atoms with van der Waals surface area (Å²) in [5, 5.41) is 0. The summed E-state index contributed by atoms with van der Waals surface area (Å²) in [6.07, 6.45) is 0.974. The number of nitrogens with one attached hydrogen (secondary N) is 1. The minimum Gasteiger partial charge on any atom is -0.383 e. The zero-order chi connectivity index (χ0) is 23.3. The summed E-state index contributed by atoms with van der Waals surface area (Å²) in [4.78, 5) is 43.1. The largest absolute Gasteiger partial charge is 0.383 e. The third kappa shape index (κ3) is 5.33. The Labute approximate surface area is 186 Å². The van der Waals surface area contributed by atoms with Crippen LogP contribution in [0.4, 0.5) is 11.5 Å². The molecule has 0 fully saturated rings.